The first kappa shape index (κ1) is 29.7. The first-order chi connectivity index (χ1) is 21.3. The van der Waals surface area contributed by atoms with Gasteiger partial charge in [0.15, 0.2) is 34.4 Å². The van der Waals surface area contributed by atoms with Gasteiger partial charge in [-0.25, -0.2) is 19.6 Å². The molecule has 226 valence electrons. The molecule has 12 nitrogen and oxygen atoms in total. The Bertz CT molecular complexity index is 1570. The molecule has 0 saturated carbocycles. The summed E-state index contributed by atoms with van der Waals surface area (Å²) >= 11 is 0. The Balaban J connectivity index is 1.38. The van der Waals surface area contributed by atoms with Crippen molar-refractivity contribution in [2.24, 2.45) is 9.98 Å². The fraction of sp³-hybridized carbons (Fsp3) is 0.188. The number of rotatable bonds is 10. The highest BCUT2D eigenvalue weighted by Crippen LogP contribution is 2.40. The van der Waals surface area contributed by atoms with E-state index in [4.69, 9.17) is 37.9 Å². The minimum Gasteiger partial charge on any atom is -0.493 e. The molecular weight excluding hydrogens is 572 g/mol. The number of methoxy groups -OCH3 is 6. The number of hydrogen-bond acceptors (Lipinski definition) is 12. The lowest BCUT2D eigenvalue weighted by Gasteiger charge is -2.13. The molecule has 0 bridgehead atoms. The number of carbonyl (C=O) groups is 2. The summed E-state index contributed by atoms with van der Waals surface area (Å²) in [5.41, 5.74) is 2.55. The van der Waals surface area contributed by atoms with E-state index in [1.54, 1.807) is 60.7 Å². The largest absolute Gasteiger partial charge is 0.493 e. The molecule has 5 rings (SSSR count). The maximum absolute atomic E-state index is 12.6. The lowest BCUT2D eigenvalue weighted by atomic mass is 10.1. The highest BCUT2D eigenvalue weighted by atomic mass is 16.6. The average molecular weight is 601 g/mol. The van der Waals surface area contributed by atoms with Crippen LogP contribution in [-0.2, 0) is 19.1 Å². The number of cyclic esters (lactones) is 2. The Labute approximate surface area is 252 Å². The van der Waals surface area contributed by atoms with Gasteiger partial charge in [-0.2, -0.15) is 0 Å². The Morgan fingerprint density at radius 2 is 0.841 bits per heavy atom. The van der Waals surface area contributed by atoms with Gasteiger partial charge in [-0.3, -0.25) is 0 Å². The normalized spacial score (nSPS) is 15.9. The first-order valence-electron chi connectivity index (χ1n) is 13.1. The van der Waals surface area contributed by atoms with Crippen LogP contribution in [0.2, 0.25) is 0 Å². The number of carbonyl (C=O) groups excluding carboxylic acids is 2. The van der Waals surface area contributed by atoms with E-state index in [-0.39, 0.29) is 23.2 Å². The standard InChI is InChI=1S/C32H28N2O10/c1-37-23-13-19(14-24(38-2)27(23)41-5)29-33-21(31(35)43-29)11-17-7-9-18(10-8-17)12-22-32(36)44-30(34-22)20-15-25(39-3)28(42-6)26(16-20)40-4/h7-16H,1-6H3/b21-11-,22-12-. The molecular formula is C32H28N2O10. The van der Waals surface area contributed by atoms with Crippen LogP contribution in [0.25, 0.3) is 12.2 Å². The summed E-state index contributed by atoms with van der Waals surface area (Å²) in [6.45, 7) is 0. The zero-order valence-corrected chi connectivity index (χ0v) is 24.8. The quantitative estimate of drug-likeness (QED) is 0.243. The summed E-state index contributed by atoms with van der Waals surface area (Å²) in [7, 11) is 8.96. The molecule has 0 amide bonds. The number of ether oxygens (including phenoxy) is 8. The van der Waals surface area contributed by atoms with E-state index in [9.17, 15) is 9.59 Å². The Morgan fingerprint density at radius 3 is 1.11 bits per heavy atom. The highest BCUT2D eigenvalue weighted by Gasteiger charge is 2.28. The molecule has 0 spiro atoms. The summed E-state index contributed by atoms with van der Waals surface area (Å²) < 4.78 is 43.0. The SMILES string of the molecule is COc1cc(C2=N/C(=C\c3ccc(/C=C4\N=C(c5cc(OC)c(OC)c(OC)c5)OC4=O)cc3)C(=O)O2)cc(OC)c1OC. The van der Waals surface area contributed by atoms with Gasteiger partial charge in [0, 0.05) is 11.1 Å². The third-order valence-electron chi connectivity index (χ3n) is 6.61. The molecule has 0 saturated heterocycles. The van der Waals surface area contributed by atoms with Crippen LogP contribution in [0, 0.1) is 0 Å². The number of benzene rings is 3. The average Bonchev–Trinajstić information content (AvgIpc) is 3.61. The van der Waals surface area contributed by atoms with Gasteiger partial charge in [0.05, 0.1) is 42.7 Å². The van der Waals surface area contributed by atoms with Crippen LogP contribution in [-0.4, -0.2) is 66.4 Å². The number of aliphatic imine (C=N–C) groups is 2. The molecule has 0 fully saturated rings. The molecule has 3 aromatic rings. The molecule has 2 aliphatic rings. The van der Waals surface area contributed by atoms with Crippen molar-refractivity contribution >= 4 is 35.9 Å². The van der Waals surface area contributed by atoms with Gasteiger partial charge in [-0.15, -0.1) is 0 Å². The lowest BCUT2D eigenvalue weighted by Crippen LogP contribution is -2.07. The predicted molar refractivity (Wildman–Crippen MR) is 160 cm³/mol. The molecule has 0 aromatic heterocycles. The lowest BCUT2D eigenvalue weighted by molar-refractivity contribution is -0.130. The van der Waals surface area contributed by atoms with Crippen molar-refractivity contribution in [3.8, 4) is 34.5 Å². The zero-order chi connectivity index (χ0) is 31.4. The first-order valence-corrected chi connectivity index (χ1v) is 13.1. The maximum atomic E-state index is 12.6. The molecule has 3 aromatic carbocycles. The van der Waals surface area contributed by atoms with Crippen LogP contribution in [0.1, 0.15) is 22.3 Å². The van der Waals surface area contributed by atoms with Crippen LogP contribution < -0.4 is 28.4 Å². The van der Waals surface area contributed by atoms with E-state index in [0.29, 0.717) is 56.8 Å². The Morgan fingerprint density at radius 1 is 0.523 bits per heavy atom. The van der Waals surface area contributed by atoms with Crippen LogP contribution in [0.5, 0.6) is 34.5 Å². The molecule has 2 aliphatic heterocycles. The van der Waals surface area contributed by atoms with Gasteiger partial charge < -0.3 is 37.9 Å². The van der Waals surface area contributed by atoms with Gasteiger partial charge in [0.1, 0.15) is 0 Å². The van der Waals surface area contributed by atoms with Crippen molar-refractivity contribution in [1.82, 2.24) is 0 Å². The van der Waals surface area contributed by atoms with Crippen LogP contribution in [0.4, 0.5) is 0 Å². The molecule has 0 unspecified atom stereocenters. The predicted octanol–water partition coefficient (Wildman–Crippen LogP) is 4.43. The molecule has 2 heterocycles. The molecule has 0 N–H and O–H groups in total. The molecule has 0 aliphatic carbocycles. The van der Waals surface area contributed by atoms with Crippen LogP contribution >= 0.6 is 0 Å². The van der Waals surface area contributed by atoms with Crippen molar-refractivity contribution in [3.63, 3.8) is 0 Å². The minimum absolute atomic E-state index is 0.0994. The number of esters is 2. The van der Waals surface area contributed by atoms with E-state index in [0.717, 1.165) is 0 Å². The summed E-state index contributed by atoms with van der Waals surface area (Å²) in [6, 6.07) is 13.6. The molecule has 12 heteroatoms. The van der Waals surface area contributed by atoms with E-state index in [1.807, 2.05) is 0 Å². The second-order valence-electron chi connectivity index (χ2n) is 9.17. The van der Waals surface area contributed by atoms with Crippen molar-refractivity contribution < 1.29 is 47.5 Å². The van der Waals surface area contributed by atoms with Crippen molar-refractivity contribution in [3.05, 3.63) is 82.2 Å². The Hall–Kier alpha value is -5.78. The molecule has 0 radical (unpaired) electrons. The highest BCUT2D eigenvalue weighted by molar-refractivity contribution is 6.14. The van der Waals surface area contributed by atoms with Crippen LogP contribution in [0.3, 0.4) is 0 Å². The third-order valence-corrected chi connectivity index (χ3v) is 6.61. The van der Waals surface area contributed by atoms with Crippen molar-refractivity contribution in [2.45, 2.75) is 0 Å². The van der Waals surface area contributed by atoms with Gasteiger partial charge in [-0.1, -0.05) is 24.3 Å². The van der Waals surface area contributed by atoms with E-state index >= 15 is 0 Å². The topological polar surface area (TPSA) is 133 Å². The Kier molecular flexibility index (Phi) is 8.51. The molecule has 0 atom stereocenters. The van der Waals surface area contributed by atoms with Crippen molar-refractivity contribution in [2.75, 3.05) is 42.7 Å². The summed E-state index contributed by atoms with van der Waals surface area (Å²) in [5.74, 6) is 1.38. The third kappa shape index (κ3) is 5.77. The van der Waals surface area contributed by atoms with E-state index < -0.39 is 11.9 Å². The fourth-order valence-electron chi connectivity index (χ4n) is 4.48. The summed E-state index contributed by atoms with van der Waals surface area (Å²) in [6.07, 6.45) is 3.18. The van der Waals surface area contributed by atoms with Crippen LogP contribution in [0.15, 0.2) is 69.9 Å². The smallest absolute Gasteiger partial charge is 0.363 e. The van der Waals surface area contributed by atoms with E-state index in [1.165, 1.54) is 42.7 Å². The second kappa shape index (κ2) is 12.6. The van der Waals surface area contributed by atoms with Gasteiger partial charge in [0.2, 0.25) is 23.3 Å². The van der Waals surface area contributed by atoms with Gasteiger partial charge >= 0.3 is 11.9 Å². The monoisotopic (exact) mass is 600 g/mol. The van der Waals surface area contributed by atoms with E-state index in [2.05, 4.69) is 9.98 Å². The zero-order valence-electron chi connectivity index (χ0n) is 24.8. The second-order valence-corrected chi connectivity index (χ2v) is 9.17. The summed E-state index contributed by atoms with van der Waals surface area (Å²) in [5, 5.41) is 0. The van der Waals surface area contributed by atoms with Gasteiger partial charge in [-0.05, 0) is 47.5 Å². The number of nitrogens with zero attached hydrogens (tertiary/aromatic N) is 2. The fourth-order valence-corrected chi connectivity index (χ4v) is 4.48. The number of hydrogen-bond donors (Lipinski definition) is 0. The summed E-state index contributed by atoms with van der Waals surface area (Å²) in [4.78, 5) is 33.9. The molecule has 44 heavy (non-hydrogen) atoms. The maximum Gasteiger partial charge on any atom is 0.363 e. The van der Waals surface area contributed by atoms with Crippen molar-refractivity contribution in [1.29, 1.82) is 0 Å². The minimum atomic E-state index is -0.609. The van der Waals surface area contributed by atoms with Gasteiger partial charge in [0.25, 0.3) is 0 Å².